The van der Waals surface area contributed by atoms with E-state index in [0.29, 0.717) is 0 Å². The summed E-state index contributed by atoms with van der Waals surface area (Å²) in [5, 5.41) is 0. The quantitative estimate of drug-likeness (QED) is 0.491. The third kappa shape index (κ3) is 1.90. The molecule has 0 fully saturated rings. The van der Waals surface area contributed by atoms with Crippen LogP contribution in [-0.4, -0.2) is 9.97 Å². The van der Waals surface area contributed by atoms with Gasteiger partial charge in [0, 0.05) is 22.0 Å². The minimum absolute atomic E-state index is 0.0150. The zero-order valence-electron chi connectivity index (χ0n) is 12.6. The van der Waals surface area contributed by atoms with E-state index in [1.54, 1.807) is 0 Å². The Morgan fingerprint density at radius 3 is 2.35 bits per heavy atom. The fraction of sp³-hybridized carbons (Fsp3) is 0.412. The Bertz CT molecular complexity index is 697. The molecule has 1 aliphatic carbocycles. The van der Waals surface area contributed by atoms with E-state index in [9.17, 15) is 0 Å². The first-order valence-electron chi connectivity index (χ1n) is 6.91. The van der Waals surface area contributed by atoms with Crippen LogP contribution >= 0.6 is 22.6 Å². The van der Waals surface area contributed by atoms with E-state index in [4.69, 9.17) is 9.97 Å². The molecular weight excluding hydrogens is 359 g/mol. The van der Waals surface area contributed by atoms with E-state index >= 15 is 0 Å². The van der Waals surface area contributed by atoms with Crippen molar-refractivity contribution in [2.24, 2.45) is 0 Å². The Kier molecular flexibility index (Phi) is 2.98. The standard InChI is InChI=1S/C17H19IN2/c1-16(2,3)15-19-13-10-8-6-7-9-11(10)17(4,5)12(13)14(18)20-15/h6-9H,1-5H3. The molecule has 0 atom stereocenters. The van der Waals surface area contributed by atoms with E-state index < -0.39 is 0 Å². The van der Waals surface area contributed by atoms with Crippen molar-refractivity contribution < 1.29 is 0 Å². The Balaban J connectivity index is 2.36. The predicted molar refractivity (Wildman–Crippen MR) is 91.0 cm³/mol. The monoisotopic (exact) mass is 378 g/mol. The van der Waals surface area contributed by atoms with Crippen LogP contribution in [0.15, 0.2) is 24.3 Å². The summed E-state index contributed by atoms with van der Waals surface area (Å²) in [6.45, 7) is 11.0. The van der Waals surface area contributed by atoms with Gasteiger partial charge < -0.3 is 0 Å². The molecule has 1 aliphatic rings. The first kappa shape index (κ1) is 14.0. The molecule has 0 saturated heterocycles. The van der Waals surface area contributed by atoms with Gasteiger partial charge in [0.25, 0.3) is 0 Å². The lowest BCUT2D eigenvalue weighted by Crippen LogP contribution is -2.21. The van der Waals surface area contributed by atoms with Gasteiger partial charge in [0.15, 0.2) is 0 Å². The first-order chi connectivity index (χ1) is 9.23. The molecule has 1 aromatic heterocycles. The zero-order chi connectivity index (χ0) is 14.7. The summed E-state index contributed by atoms with van der Waals surface area (Å²) < 4.78 is 1.08. The average Bonchev–Trinajstić information content (AvgIpc) is 2.58. The maximum Gasteiger partial charge on any atom is 0.135 e. The number of hydrogen-bond acceptors (Lipinski definition) is 2. The molecule has 1 aromatic carbocycles. The molecular formula is C17H19IN2. The fourth-order valence-corrected chi connectivity index (χ4v) is 4.05. The molecule has 2 aromatic rings. The topological polar surface area (TPSA) is 25.8 Å². The van der Waals surface area contributed by atoms with Gasteiger partial charge in [0.2, 0.25) is 0 Å². The Labute approximate surface area is 134 Å². The molecule has 104 valence electrons. The number of rotatable bonds is 0. The second-order valence-electron chi connectivity index (χ2n) is 6.98. The van der Waals surface area contributed by atoms with Crippen molar-refractivity contribution in [1.82, 2.24) is 9.97 Å². The Morgan fingerprint density at radius 1 is 1.05 bits per heavy atom. The van der Waals surface area contributed by atoms with Gasteiger partial charge in [-0.2, -0.15) is 0 Å². The molecule has 0 N–H and O–H groups in total. The number of fused-ring (bicyclic) bond motifs is 3. The van der Waals surface area contributed by atoms with Crippen molar-refractivity contribution >= 4 is 22.6 Å². The number of halogens is 1. The van der Waals surface area contributed by atoms with E-state index in [1.807, 2.05) is 0 Å². The second kappa shape index (κ2) is 4.26. The van der Waals surface area contributed by atoms with E-state index in [2.05, 4.69) is 81.5 Å². The summed E-state index contributed by atoms with van der Waals surface area (Å²) in [5.74, 6) is 0.924. The SMILES string of the molecule is CC(C)(C)c1nc(I)c2c(n1)-c1ccccc1C2(C)C. The number of hydrogen-bond donors (Lipinski definition) is 0. The van der Waals surface area contributed by atoms with Crippen LogP contribution in [0.1, 0.15) is 51.6 Å². The van der Waals surface area contributed by atoms with Crippen molar-refractivity contribution in [1.29, 1.82) is 0 Å². The lowest BCUT2D eigenvalue weighted by atomic mass is 9.83. The van der Waals surface area contributed by atoms with Gasteiger partial charge in [-0.15, -0.1) is 0 Å². The maximum absolute atomic E-state index is 4.91. The van der Waals surface area contributed by atoms with Crippen LogP contribution in [0.2, 0.25) is 0 Å². The van der Waals surface area contributed by atoms with Crippen molar-refractivity contribution in [2.75, 3.05) is 0 Å². The highest BCUT2D eigenvalue weighted by Crippen LogP contribution is 2.49. The van der Waals surface area contributed by atoms with Crippen LogP contribution in [-0.2, 0) is 10.8 Å². The largest absolute Gasteiger partial charge is 0.232 e. The van der Waals surface area contributed by atoms with Crippen LogP contribution in [0.4, 0.5) is 0 Å². The van der Waals surface area contributed by atoms with Crippen molar-refractivity contribution in [3.8, 4) is 11.3 Å². The predicted octanol–water partition coefficient (Wildman–Crippen LogP) is 4.69. The number of benzene rings is 1. The van der Waals surface area contributed by atoms with Crippen LogP contribution < -0.4 is 0 Å². The lowest BCUT2D eigenvalue weighted by Gasteiger charge is -2.23. The van der Waals surface area contributed by atoms with Crippen molar-refractivity contribution in [3.05, 3.63) is 44.9 Å². The molecule has 3 heteroatoms. The molecule has 20 heavy (non-hydrogen) atoms. The normalized spacial score (nSPS) is 15.9. The molecule has 3 rings (SSSR count). The Morgan fingerprint density at radius 2 is 1.70 bits per heavy atom. The summed E-state index contributed by atoms with van der Waals surface area (Å²) in [5.41, 5.74) is 4.96. The molecule has 0 saturated carbocycles. The van der Waals surface area contributed by atoms with Crippen LogP contribution in [0, 0.1) is 3.70 Å². The van der Waals surface area contributed by atoms with E-state index in [0.717, 1.165) is 15.2 Å². The molecule has 2 nitrogen and oxygen atoms in total. The third-order valence-corrected chi connectivity index (χ3v) is 4.80. The Hall–Kier alpha value is -0.970. The molecule has 1 heterocycles. The molecule has 0 bridgehead atoms. The van der Waals surface area contributed by atoms with Crippen LogP contribution in [0.25, 0.3) is 11.3 Å². The van der Waals surface area contributed by atoms with Gasteiger partial charge in [-0.25, -0.2) is 9.97 Å². The van der Waals surface area contributed by atoms with Gasteiger partial charge in [0.1, 0.15) is 9.53 Å². The summed E-state index contributed by atoms with van der Waals surface area (Å²) in [6.07, 6.45) is 0. The fourth-order valence-electron chi connectivity index (χ4n) is 2.89. The highest BCUT2D eigenvalue weighted by atomic mass is 127. The zero-order valence-corrected chi connectivity index (χ0v) is 14.7. The lowest BCUT2D eigenvalue weighted by molar-refractivity contribution is 0.539. The highest BCUT2D eigenvalue weighted by molar-refractivity contribution is 14.1. The van der Waals surface area contributed by atoms with E-state index in [1.165, 1.54) is 16.7 Å². The molecule has 0 amide bonds. The van der Waals surface area contributed by atoms with Gasteiger partial charge in [-0.3, -0.25) is 0 Å². The minimum atomic E-state index is -0.0311. The number of aromatic nitrogens is 2. The van der Waals surface area contributed by atoms with Crippen LogP contribution in [0.5, 0.6) is 0 Å². The summed E-state index contributed by atoms with van der Waals surface area (Å²) in [7, 11) is 0. The van der Waals surface area contributed by atoms with Gasteiger partial charge in [0.05, 0.1) is 5.69 Å². The average molecular weight is 378 g/mol. The smallest absolute Gasteiger partial charge is 0.135 e. The summed E-state index contributed by atoms with van der Waals surface area (Å²) >= 11 is 2.36. The first-order valence-corrected chi connectivity index (χ1v) is 7.99. The van der Waals surface area contributed by atoms with Crippen molar-refractivity contribution in [2.45, 2.75) is 45.4 Å². The third-order valence-electron chi connectivity index (χ3n) is 4.02. The summed E-state index contributed by atoms with van der Waals surface area (Å²) in [4.78, 5) is 9.68. The minimum Gasteiger partial charge on any atom is -0.232 e. The van der Waals surface area contributed by atoms with E-state index in [-0.39, 0.29) is 10.8 Å². The van der Waals surface area contributed by atoms with Crippen molar-refractivity contribution in [3.63, 3.8) is 0 Å². The number of nitrogens with zero attached hydrogens (tertiary/aromatic N) is 2. The molecule has 0 unspecified atom stereocenters. The molecule has 0 spiro atoms. The highest BCUT2D eigenvalue weighted by Gasteiger charge is 2.39. The summed E-state index contributed by atoms with van der Waals surface area (Å²) in [6, 6.07) is 8.59. The maximum atomic E-state index is 4.91. The second-order valence-corrected chi connectivity index (χ2v) is 8.00. The van der Waals surface area contributed by atoms with Gasteiger partial charge >= 0.3 is 0 Å². The van der Waals surface area contributed by atoms with Gasteiger partial charge in [-0.1, -0.05) is 58.9 Å². The molecule has 0 aliphatic heterocycles. The van der Waals surface area contributed by atoms with Gasteiger partial charge in [-0.05, 0) is 28.2 Å². The van der Waals surface area contributed by atoms with Crippen LogP contribution in [0.3, 0.4) is 0 Å². The molecule has 0 radical (unpaired) electrons.